The van der Waals surface area contributed by atoms with Crippen molar-refractivity contribution in [3.05, 3.63) is 44.0 Å². The molecule has 1 rings (SSSR count). The molecule has 0 aromatic heterocycles. The largest absolute Gasteiger partial charge is 0.285 e. The minimum Gasteiger partial charge on any atom is -0.285 e. The van der Waals surface area contributed by atoms with Gasteiger partial charge in [-0.2, -0.15) is 0 Å². The molecule has 0 N–H and O–H groups in total. The average molecular weight is 247 g/mol. The minimum atomic E-state index is -0.660. The van der Waals surface area contributed by atoms with Crippen molar-refractivity contribution in [1.82, 2.24) is 0 Å². The molecule has 16 heavy (non-hydrogen) atoms. The monoisotopic (exact) mass is 246 g/mol. The molecule has 0 amide bonds. The molecule has 0 saturated heterocycles. The third-order valence-electron chi connectivity index (χ3n) is 1.60. The van der Waals surface area contributed by atoms with E-state index in [1.54, 1.807) is 0 Å². The van der Waals surface area contributed by atoms with E-state index in [2.05, 4.69) is 11.6 Å². The van der Waals surface area contributed by atoms with Gasteiger partial charge in [0.25, 0.3) is 11.4 Å². The van der Waals surface area contributed by atoms with Crippen LogP contribution in [0.4, 0.5) is 11.4 Å². The van der Waals surface area contributed by atoms with Crippen LogP contribution in [-0.4, -0.2) is 15.6 Å². The lowest BCUT2D eigenvalue weighted by Gasteiger charge is -1.95. The number of rotatable bonds is 2. The Morgan fingerprint density at radius 2 is 1.75 bits per heavy atom. The number of halogens is 1. The second-order valence-electron chi connectivity index (χ2n) is 2.57. The maximum atomic E-state index is 10.4. The van der Waals surface area contributed by atoms with Crippen LogP contribution in [0.3, 0.4) is 0 Å². The summed E-state index contributed by atoms with van der Waals surface area (Å²) in [6.45, 7) is 1.53. The third-order valence-corrected chi connectivity index (χ3v) is 1.60. The normalized spacial score (nSPS) is 8.62. The standard InChI is InChI=1S/C7H6N2O4.CHClO/c1-5-2-3-6(8(10)11)4-7(5)9(12)13;2-1-3/h2-4H,1H3;1H. The van der Waals surface area contributed by atoms with Crippen LogP contribution in [0.25, 0.3) is 0 Å². The first-order chi connectivity index (χ1) is 7.43. The summed E-state index contributed by atoms with van der Waals surface area (Å²) in [5, 5.41) is 20.6. The average Bonchev–Trinajstić information content (AvgIpc) is 2.18. The molecule has 0 radical (unpaired) electrons. The molecule has 0 saturated carbocycles. The summed E-state index contributed by atoms with van der Waals surface area (Å²) in [6, 6.07) is 3.55. The summed E-state index contributed by atoms with van der Waals surface area (Å²) < 4.78 is 0. The van der Waals surface area contributed by atoms with E-state index in [0.29, 0.717) is 5.56 Å². The predicted molar refractivity (Wildman–Crippen MR) is 57.1 cm³/mol. The quantitative estimate of drug-likeness (QED) is 0.344. The van der Waals surface area contributed by atoms with E-state index in [0.717, 1.165) is 6.07 Å². The highest BCUT2D eigenvalue weighted by Crippen LogP contribution is 2.23. The zero-order chi connectivity index (χ0) is 12.7. The lowest BCUT2D eigenvalue weighted by Crippen LogP contribution is -1.94. The van der Waals surface area contributed by atoms with Crippen molar-refractivity contribution in [3.8, 4) is 0 Å². The molecule has 7 nitrogen and oxygen atoms in total. The summed E-state index contributed by atoms with van der Waals surface area (Å²) in [4.78, 5) is 27.9. The number of nitro groups is 2. The van der Waals surface area contributed by atoms with Gasteiger partial charge in [-0.1, -0.05) is 0 Å². The number of hydrogen-bond donors (Lipinski definition) is 0. The highest BCUT2D eigenvalue weighted by atomic mass is 35.5. The number of benzene rings is 1. The molecule has 0 unspecified atom stereocenters. The van der Waals surface area contributed by atoms with E-state index in [9.17, 15) is 20.2 Å². The van der Waals surface area contributed by atoms with Crippen molar-refractivity contribution in [3.63, 3.8) is 0 Å². The van der Waals surface area contributed by atoms with Crippen LogP contribution in [0, 0.1) is 27.2 Å². The minimum absolute atomic E-state index is 0.222. The number of carbonyl (C=O) groups excluding carboxylic acids is 1. The van der Waals surface area contributed by atoms with E-state index >= 15 is 0 Å². The van der Waals surface area contributed by atoms with Crippen LogP contribution >= 0.6 is 11.6 Å². The van der Waals surface area contributed by atoms with Gasteiger partial charge in [-0.3, -0.25) is 25.0 Å². The Balaban J connectivity index is 0.000000673. The lowest BCUT2D eigenvalue weighted by molar-refractivity contribution is -0.394. The van der Waals surface area contributed by atoms with Crippen LogP contribution < -0.4 is 0 Å². The van der Waals surface area contributed by atoms with Crippen molar-refractivity contribution < 1.29 is 14.6 Å². The molecule has 0 aliphatic rings. The fraction of sp³-hybridized carbons (Fsp3) is 0.125. The van der Waals surface area contributed by atoms with Gasteiger partial charge in [0.1, 0.15) is 0 Å². The third kappa shape index (κ3) is 4.01. The highest BCUT2D eigenvalue weighted by molar-refractivity contribution is 6.54. The van der Waals surface area contributed by atoms with Crippen LogP contribution in [0.15, 0.2) is 18.2 Å². The number of nitrogens with zero attached hydrogens (tertiary/aromatic N) is 2. The summed E-state index contributed by atoms with van der Waals surface area (Å²) >= 11 is 4.32. The summed E-state index contributed by atoms with van der Waals surface area (Å²) in [5.41, 5.74) is -0.0814. The van der Waals surface area contributed by atoms with Gasteiger partial charge in [-0.25, -0.2) is 0 Å². The van der Waals surface area contributed by atoms with Crippen molar-refractivity contribution in [2.45, 2.75) is 6.92 Å². The Kier molecular flexibility index (Phi) is 5.65. The van der Waals surface area contributed by atoms with Gasteiger partial charge in [0, 0.05) is 11.6 Å². The Morgan fingerprint density at radius 1 is 1.25 bits per heavy atom. The van der Waals surface area contributed by atoms with Gasteiger partial charge >= 0.3 is 0 Å². The number of hydrogen-bond acceptors (Lipinski definition) is 5. The van der Waals surface area contributed by atoms with Gasteiger partial charge in [0.05, 0.1) is 15.9 Å². The number of non-ortho nitro benzene ring substituents is 1. The molecule has 86 valence electrons. The molecule has 0 atom stereocenters. The van der Waals surface area contributed by atoms with Crippen molar-refractivity contribution >= 4 is 28.7 Å². The molecule has 8 heteroatoms. The maximum Gasteiger partial charge on any atom is 0.279 e. The lowest BCUT2D eigenvalue weighted by atomic mass is 10.2. The van der Waals surface area contributed by atoms with Gasteiger partial charge in [-0.15, -0.1) is 0 Å². The fourth-order valence-corrected chi connectivity index (χ4v) is 0.908. The van der Waals surface area contributed by atoms with E-state index in [-0.39, 0.29) is 17.1 Å². The van der Waals surface area contributed by atoms with Gasteiger partial charge < -0.3 is 0 Å². The molecule has 0 bridgehead atoms. The van der Waals surface area contributed by atoms with Crippen LogP contribution in [0.1, 0.15) is 5.56 Å². The number of nitro benzene ring substituents is 2. The fourth-order valence-electron chi connectivity index (χ4n) is 0.908. The molecule has 0 aliphatic heterocycles. The molecule has 0 heterocycles. The Hall–Kier alpha value is -2.02. The van der Waals surface area contributed by atoms with Crippen LogP contribution in [0.5, 0.6) is 0 Å². The first-order valence-electron chi connectivity index (χ1n) is 3.87. The SMILES string of the molecule is Cc1ccc([N+](=O)[O-])cc1[N+](=O)[O-].O=CCl. The second kappa shape index (κ2) is 6.46. The molecular weight excluding hydrogens is 240 g/mol. The molecule has 0 fully saturated rings. The summed E-state index contributed by atoms with van der Waals surface area (Å²) in [5.74, 6) is 0.222. The van der Waals surface area contributed by atoms with E-state index < -0.39 is 9.85 Å². The molecule has 1 aromatic rings. The first-order valence-corrected chi connectivity index (χ1v) is 4.31. The number of aryl methyl sites for hydroxylation is 1. The van der Waals surface area contributed by atoms with Crippen LogP contribution in [-0.2, 0) is 4.79 Å². The van der Waals surface area contributed by atoms with Crippen molar-refractivity contribution in [2.75, 3.05) is 0 Å². The summed E-state index contributed by atoms with van der Waals surface area (Å²) in [6.07, 6.45) is 0. The zero-order valence-electron chi connectivity index (χ0n) is 8.12. The van der Waals surface area contributed by atoms with Gasteiger partial charge in [0.2, 0.25) is 5.75 Å². The maximum absolute atomic E-state index is 10.4. The van der Waals surface area contributed by atoms with E-state index in [4.69, 9.17) is 4.79 Å². The van der Waals surface area contributed by atoms with Crippen LogP contribution in [0.2, 0.25) is 0 Å². The van der Waals surface area contributed by atoms with Crippen molar-refractivity contribution in [2.24, 2.45) is 0 Å². The highest BCUT2D eigenvalue weighted by Gasteiger charge is 2.15. The molecule has 0 spiro atoms. The Bertz CT molecular complexity index is 421. The number of carbonyl (C=O) groups is 1. The van der Waals surface area contributed by atoms with Gasteiger partial charge in [-0.05, 0) is 24.6 Å². The molecule has 1 aromatic carbocycles. The second-order valence-corrected chi connectivity index (χ2v) is 2.75. The molecular formula is C8H7ClN2O5. The predicted octanol–water partition coefficient (Wildman–Crippen LogP) is 2.23. The molecule has 0 aliphatic carbocycles. The van der Waals surface area contributed by atoms with Gasteiger partial charge in [0.15, 0.2) is 0 Å². The smallest absolute Gasteiger partial charge is 0.279 e. The van der Waals surface area contributed by atoms with E-state index in [1.165, 1.54) is 19.1 Å². The van der Waals surface area contributed by atoms with Crippen molar-refractivity contribution in [1.29, 1.82) is 0 Å². The Labute approximate surface area is 94.9 Å². The zero-order valence-corrected chi connectivity index (χ0v) is 8.88. The summed E-state index contributed by atoms with van der Waals surface area (Å²) in [7, 11) is 0. The first kappa shape index (κ1) is 14.0. The Morgan fingerprint density at radius 3 is 2.12 bits per heavy atom. The van der Waals surface area contributed by atoms with E-state index in [1.807, 2.05) is 0 Å². The topological polar surface area (TPSA) is 103 Å².